The summed E-state index contributed by atoms with van der Waals surface area (Å²) >= 11 is 0. The van der Waals surface area contributed by atoms with E-state index >= 15 is 0 Å². The van der Waals surface area contributed by atoms with Crippen molar-refractivity contribution in [3.8, 4) is 0 Å². The van der Waals surface area contributed by atoms with E-state index in [1.807, 2.05) is 6.92 Å². The zero-order valence-corrected chi connectivity index (χ0v) is 11.7. The highest BCUT2D eigenvalue weighted by Gasteiger charge is 2.13. The Bertz CT molecular complexity index is 195. The summed E-state index contributed by atoms with van der Waals surface area (Å²) in [4.78, 5) is 10.8. The van der Waals surface area contributed by atoms with Gasteiger partial charge in [0, 0.05) is 6.92 Å². The van der Waals surface area contributed by atoms with Gasteiger partial charge in [0.15, 0.2) is 0 Å². The van der Waals surface area contributed by atoms with E-state index in [1.54, 1.807) is 0 Å². The van der Waals surface area contributed by atoms with Crippen LogP contribution in [0.2, 0.25) is 0 Å². The molecule has 0 aliphatic rings. The fourth-order valence-corrected chi connectivity index (χ4v) is 1.98. The quantitative estimate of drug-likeness (QED) is 0.579. The van der Waals surface area contributed by atoms with Crippen molar-refractivity contribution in [1.29, 1.82) is 0 Å². The molecule has 0 saturated heterocycles. The molecule has 0 unspecified atom stereocenters. The molecule has 0 aliphatic carbocycles. The first-order valence-electron chi connectivity index (χ1n) is 7.03. The average Bonchev–Trinajstić information content (AvgIpc) is 2.26. The number of hydrogen-bond acceptors (Lipinski definition) is 2. The van der Waals surface area contributed by atoms with E-state index in [0.717, 1.165) is 12.8 Å². The molecule has 0 rings (SSSR count). The Morgan fingerprint density at radius 2 is 1.65 bits per heavy atom. The Kier molecular flexibility index (Phi) is 10.2. The number of hydrogen-bond donors (Lipinski definition) is 2. The fraction of sp³-hybridized carbons (Fsp3) is 0.929. The number of unbranched alkanes of at least 4 members (excludes halogenated alkanes) is 6. The van der Waals surface area contributed by atoms with E-state index in [4.69, 9.17) is 0 Å². The number of rotatable bonds is 10. The predicted molar refractivity (Wildman–Crippen MR) is 71.9 cm³/mol. The molecular weight excluding hydrogens is 214 g/mol. The Morgan fingerprint density at radius 1 is 1.12 bits per heavy atom. The second-order valence-electron chi connectivity index (χ2n) is 4.97. The fourth-order valence-electron chi connectivity index (χ4n) is 1.98. The minimum absolute atomic E-state index is 0.0730. The summed E-state index contributed by atoms with van der Waals surface area (Å²) in [6.45, 7) is 5.56. The highest BCUT2D eigenvalue weighted by Crippen LogP contribution is 2.11. The number of aliphatic hydroxyl groups is 1. The average molecular weight is 243 g/mol. The van der Waals surface area contributed by atoms with Gasteiger partial charge < -0.3 is 10.4 Å². The summed E-state index contributed by atoms with van der Waals surface area (Å²) < 4.78 is 0. The van der Waals surface area contributed by atoms with Gasteiger partial charge >= 0.3 is 0 Å². The van der Waals surface area contributed by atoms with Crippen molar-refractivity contribution < 1.29 is 9.90 Å². The van der Waals surface area contributed by atoms with Crippen LogP contribution in [-0.2, 0) is 4.79 Å². The summed E-state index contributed by atoms with van der Waals surface area (Å²) in [6, 6.07) is -0.132. The SMILES string of the molecule is CCCCCCCCC[C@H](O)[C@@H](C)NC(C)=O. The van der Waals surface area contributed by atoms with E-state index < -0.39 is 6.10 Å². The van der Waals surface area contributed by atoms with Crippen molar-refractivity contribution in [2.24, 2.45) is 0 Å². The van der Waals surface area contributed by atoms with Gasteiger partial charge in [-0.3, -0.25) is 4.79 Å². The van der Waals surface area contributed by atoms with E-state index in [2.05, 4.69) is 12.2 Å². The largest absolute Gasteiger partial charge is 0.391 e. The molecule has 3 heteroatoms. The summed E-state index contributed by atoms with van der Waals surface area (Å²) in [7, 11) is 0. The minimum Gasteiger partial charge on any atom is -0.391 e. The van der Waals surface area contributed by atoms with Crippen LogP contribution in [0.1, 0.15) is 72.1 Å². The Hall–Kier alpha value is -0.570. The molecular formula is C14H29NO2. The van der Waals surface area contributed by atoms with Crippen LogP contribution >= 0.6 is 0 Å². The molecule has 0 spiro atoms. The molecule has 0 radical (unpaired) electrons. The molecule has 17 heavy (non-hydrogen) atoms. The Labute approximate surface area is 106 Å². The highest BCUT2D eigenvalue weighted by molar-refractivity contribution is 5.73. The second kappa shape index (κ2) is 10.6. The van der Waals surface area contributed by atoms with Crippen molar-refractivity contribution in [1.82, 2.24) is 5.32 Å². The molecule has 0 aliphatic heterocycles. The van der Waals surface area contributed by atoms with E-state index in [0.29, 0.717) is 0 Å². The van der Waals surface area contributed by atoms with Crippen LogP contribution in [-0.4, -0.2) is 23.2 Å². The first-order chi connectivity index (χ1) is 8.07. The maximum Gasteiger partial charge on any atom is 0.217 e. The lowest BCUT2D eigenvalue weighted by atomic mass is 10.0. The standard InChI is InChI=1S/C14H29NO2/c1-4-5-6-7-8-9-10-11-14(17)12(2)15-13(3)16/h12,14,17H,4-11H2,1-3H3,(H,15,16)/t12-,14+/m1/s1. The van der Waals surface area contributed by atoms with Gasteiger partial charge in [-0.15, -0.1) is 0 Å². The van der Waals surface area contributed by atoms with Gasteiger partial charge in [0.25, 0.3) is 0 Å². The van der Waals surface area contributed by atoms with E-state index in [9.17, 15) is 9.90 Å². The number of aliphatic hydroxyl groups excluding tert-OH is 1. The highest BCUT2D eigenvalue weighted by atomic mass is 16.3. The van der Waals surface area contributed by atoms with Crippen LogP contribution < -0.4 is 5.32 Å². The lowest BCUT2D eigenvalue weighted by Crippen LogP contribution is -2.39. The van der Waals surface area contributed by atoms with Gasteiger partial charge in [0.2, 0.25) is 5.91 Å². The van der Waals surface area contributed by atoms with Crippen molar-refractivity contribution in [2.75, 3.05) is 0 Å². The van der Waals surface area contributed by atoms with Crippen LogP contribution in [0.3, 0.4) is 0 Å². The first-order valence-corrected chi connectivity index (χ1v) is 7.03. The molecule has 0 heterocycles. The molecule has 0 aromatic heterocycles. The summed E-state index contributed by atoms with van der Waals surface area (Å²) in [5.41, 5.74) is 0. The zero-order chi connectivity index (χ0) is 13.1. The summed E-state index contributed by atoms with van der Waals surface area (Å²) in [5, 5.41) is 12.5. The predicted octanol–water partition coefficient (Wildman–Crippen LogP) is 3.01. The van der Waals surface area contributed by atoms with E-state index in [1.165, 1.54) is 45.4 Å². The molecule has 102 valence electrons. The zero-order valence-electron chi connectivity index (χ0n) is 11.7. The molecule has 2 N–H and O–H groups in total. The third-order valence-electron chi connectivity index (χ3n) is 3.11. The van der Waals surface area contributed by atoms with Gasteiger partial charge in [0.05, 0.1) is 12.1 Å². The molecule has 0 fully saturated rings. The smallest absolute Gasteiger partial charge is 0.217 e. The van der Waals surface area contributed by atoms with Crippen LogP contribution in [0, 0.1) is 0 Å². The normalized spacial score (nSPS) is 14.4. The third-order valence-corrected chi connectivity index (χ3v) is 3.11. The molecule has 0 aromatic rings. The maximum absolute atomic E-state index is 10.8. The van der Waals surface area contributed by atoms with E-state index in [-0.39, 0.29) is 11.9 Å². The number of amides is 1. The van der Waals surface area contributed by atoms with Crippen LogP contribution in [0.4, 0.5) is 0 Å². The van der Waals surface area contributed by atoms with Crippen molar-refractivity contribution in [3.05, 3.63) is 0 Å². The summed E-state index contributed by atoms with van der Waals surface area (Å²) in [5.74, 6) is -0.0730. The van der Waals surface area contributed by atoms with Gasteiger partial charge in [0.1, 0.15) is 0 Å². The van der Waals surface area contributed by atoms with Crippen molar-refractivity contribution in [2.45, 2.75) is 84.3 Å². The first kappa shape index (κ1) is 16.4. The van der Waals surface area contributed by atoms with Gasteiger partial charge in [-0.2, -0.15) is 0 Å². The Morgan fingerprint density at radius 3 is 2.18 bits per heavy atom. The van der Waals surface area contributed by atoms with Gasteiger partial charge in [-0.25, -0.2) is 0 Å². The van der Waals surface area contributed by atoms with Crippen LogP contribution in [0.25, 0.3) is 0 Å². The second-order valence-corrected chi connectivity index (χ2v) is 4.97. The summed E-state index contributed by atoms with van der Waals surface area (Å²) in [6.07, 6.45) is 9.15. The number of carbonyl (C=O) groups excluding carboxylic acids is 1. The molecule has 0 aromatic carbocycles. The number of carbonyl (C=O) groups is 1. The molecule has 0 bridgehead atoms. The molecule has 2 atom stereocenters. The van der Waals surface area contributed by atoms with Crippen LogP contribution in [0.15, 0.2) is 0 Å². The topological polar surface area (TPSA) is 49.3 Å². The third kappa shape index (κ3) is 10.3. The number of nitrogens with one attached hydrogen (secondary N) is 1. The monoisotopic (exact) mass is 243 g/mol. The van der Waals surface area contributed by atoms with Gasteiger partial charge in [-0.05, 0) is 13.3 Å². The van der Waals surface area contributed by atoms with Crippen LogP contribution in [0.5, 0.6) is 0 Å². The van der Waals surface area contributed by atoms with Crippen molar-refractivity contribution in [3.63, 3.8) is 0 Å². The lowest BCUT2D eigenvalue weighted by Gasteiger charge is -2.19. The molecule has 0 saturated carbocycles. The Balaban J connectivity index is 3.38. The van der Waals surface area contributed by atoms with Crippen molar-refractivity contribution >= 4 is 5.91 Å². The lowest BCUT2D eigenvalue weighted by molar-refractivity contribution is -0.120. The molecule has 3 nitrogen and oxygen atoms in total. The van der Waals surface area contributed by atoms with Gasteiger partial charge in [-0.1, -0.05) is 51.9 Å². The maximum atomic E-state index is 10.8. The minimum atomic E-state index is -0.408. The molecule has 1 amide bonds.